The number of nitrogens with two attached hydrogens (primary N) is 1. The van der Waals surface area contributed by atoms with Crippen molar-refractivity contribution in [1.29, 1.82) is 0 Å². The molecule has 5 N–H and O–H groups in total. The molecule has 1 aromatic carbocycles. The highest BCUT2D eigenvalue weighted by Crippen LogP contribution is 2.24. The molecule has 1 fully saturated rings. The monoisotopic (exact) mass is 391 g/mol. The smallest absolute Gasteiger partial charge is 0.408 e. The van der Waals surface area contributed by atoms with Gasteiger partial charge in [0.1, 0.15) is 24.5 Å². The number of carbonyl (C=O) groups excluding carboxylic acids is 4. The predicted molar refractivity (Wildman–Crippen MR) is 98.7 cm³/mol. The van der Waals surface area contributed by atoms with Crippen LogP contribution in [0.5, 0.6) is 0 Å². The zero-order valence-corrected chi connectivity index (χ0v) is 15.4. The summed E-state index contributed by atoms with van der Waals surface area (Å²) < 4.78 is 5.02. The number of carbonyl (C=O) groups is 4. The lowest BCUT2D eigenvalue weighted by Crippen LogP contribution is -2.56. The molecule has 0 bridgehead atoms. The van der Waals surface area contributed by atoms with E-state index in [0.29, 0.717) is 19.3 Å². The van der Waals surface area contributed by atoms with Gasteiger partial charge >= 0.3 is 6.09 Å². The summed E-state index contributed by atoms with van der Waals surface area (Å²) >= 11 is 0. The van der Waals surface area contributed by atoms with Crippen LogP contribution in [0.4, 0.5) is 4.79 Å². The van der Waals surface area contributed by atoms with Gasteiger partial charge in [-0.15, -0.1) is 0 Å². The molecule has 0 aromatic heterocycles. The van der Waals surface area contributed by atoms with Gasteiger partial charge in [0.15, 0.2) is 0 Å². The molecule has 0 unspecified atom stereocenters. The highest BCUT2D eigenvalue weighted by atomic mass is 16.5. The number of hydrogen-bond acceptors (Lipinski definition) is 6. The van der Waals surface area contributed by atoms with Crippen LogP contribution in [0.3, 0.4) is 0 Å². The number of alkyl carbamates (subject to hydrolysis) is 1. The molecule has 9 heteroatoms. The van der Waals surface area contributed by atoms with Gasteiger partial charge in [0.05, 0.1) is 6.61 Å². The number of nitrogens with one attached hydrogen (secondary N) is 2. The predicted octanol–water partition coefficient (Wildman–Crippen LogP) is 0.00310. The molecule has 1 aliphatic rings. The van der Waals surface area contributed by atoms with Gasteiger partial charge in [0, 0.05) is 12.8 Å². The SMILES string of the molecule is NC(=O)[C@H](NC(=O)[C@H](CO)NC(=O)OCc1ccccc1)[C@@H]1CCCC(=O)C1. The van der Waals surface area contributed by atoms with Crippen LogP contribution in [0.15, 0.2) is 30.3 Å². The van der Waals surface area contributed by atoms with Crippen molar-refractivity contribution in [3.05, 3.63) is 35.9 Å². The van der Waals surface area contributed by atoms with Crippen molar-refractivity contribution in [3.63, 3.8) is 0 Å². The topological polar surface area (TPSA) is 148 Å². The maximum atomic E-state index is 12.4. The van der Waals surface area contributed by atoms with Gasteiger partial charge in [-0.1, -0.05) is 30.3 Å². The maximum Gasteiger partial charge on any atom is 0.408 e. The minimum Gasteiger partial charge on any atom is -0.445 e. The Bertz CT molecular complexity index is 709. The standard InChI is InChI=1S/C19H25N3O6/c20-17(25)16(13-7-4-8-14(24)9-13)22-18(26)15(10-23)21-19(27)28-11-12-5-2-1-3-6-12/h1-3,5-6,13,15-16,23H,4,7-11H2,(H2,20,25)(H,21,27)(H,22,26)/t13-,15+,16-/m1/s1. The normalized spacial score (nSPS) is 18.6. The van der Waals surface area contributed by atoms with Crippen LogP contribution < -0.4 is 16.4 Å². The Balaban J connectivity index is 1.90. The van der Waals surface area contributed by atoms with E-state index in [1.54, 1.807) is 24.3 Å². The molecule has 1 saturated carbocycles. The van der Waals surface area contributed by atoms with Gasteiger partial charge in [0.25, 0.3) is 0 Å². The molecule has 3 amide bonds. The molecule has 1 aliphatic carbocycles. The number of rotatable bonds is 8. The molecule has 0 radical (unpaired) electrons. The van der Waals surface area contributed by atoms with Crippen molar-refractivity contribution >= 4 is 23.7 Å². The fraction of sp³-hybridized carbons (Fsp3) is 0.474. The van der Waals surface area contributed by atoms with Crippen LogP contribution in [-0.2, 0) is 25.7 Å². The third-order valence-electron chi connectivity index (χ3n) is 4.60. The zero-order chi connectivity index (χ0) is 20.5. The lowest BCUT2D eigenvalue weighted by atomic mass is 9.82. The first-order chi connectivity index (χ1) is 13.4. The Hall–Kier alpha value is -2.94. The van der Waals surface area contributed by atoms with E-state index in [4.69, 9.17) is 10.5 Å². The van der Waals surface area contributed by atoms with Crippen molar-refractivity contribution in [2.75, 3.05) is 6.61 Å². The van der Waals surface area contributed by atoms with Gasteiger partial charge in [-0.05, 0) is 24.3 Å². The zero-order valence-electron chi connectivity index (χ0n) is 15.4. The summed E-state index contributed by atoms with van der Waals surface area (Å²) in [6.45, 7) is -0.693. The van der Waals surface area contributed by atoms with E-state index in [1.165, 1.54) is 0 Å². The van der Waals surface area contributed by atoms with Crippen LogP contribution in [0.2, 0.25) is 0 Å². The third kappa shape index (κ3) is 6.34. The number of amides is 3. The van der Waals surface area contributed by atoms with E-state index < -0.39 is 42.5 Å². The van der Waals surface area contributed by atoms with E-state index in [-0.39, 0.29) is 18.8 Å². The van der Waals surface area contributed by atoms with Crippen LogP contribution in [-0.4, -0.2) is 47.5 Å². The van der Waals surface area contributed by atoms with Gasteiger partial charge < -0.3 is 26.2 Å². The molecule has 0 spiro atoms. The lowest BCUT2D eigenvalue weighted by molar-refractivity contribution is -0.132. The Morgan fingerprint density at radius 1 is 1.21 bits per heavy atom. The fourth-order valence-corrected chi connectivity index (χ4v) is 3.12. The molecular formula is C19H25N3O6. The molecular weight excluding hydrogens is 366 g/mol. The quantitative estimate of drug-likeness (QED) is 0.490. The molecule has 2 rings (SSSR count). The summed E-state index contributed by atoms with van der Waals surface area (Å²) in [7, 11) is 0. The number of ketones is 1. The number of primary amides is 1. The van der Waals surface area contributed by atoms with E-state index >= 15 is 0 Å². The molecule has 3 atom stereocenters. The second-order valence-electron chi connectivity index (χ2n) is 6.72. The van der Waals surface area contributed by atoms with Gasteiger partial charge in [-0.25, -0.2) is 4.79 Å². The summed E-state index contributed by atoms with van der Waals surface area (Å²) in [5, 5.41) is 14.1. The van der Waals surface area contributed by atoms with Gasteiger partial charge in [-0.3, -0.25) is 14.4 Å². The van der Waals surface area contributed by atoms with E-state index in [1.807, 2.05) is 6.07 Å². The Morgan fingerprint density at radius 2 is 1.93 bits per heavy atom. The molecule has 9 nitrogen and oxygen atoms in total. The van der Waals surface area contributed by atoms with Crippen LogP contribution in [0, 0.1) is 5.92 Å². The highest BCUT2D eigenvalue weighted by Gasteiger charge is 2.34. The summed E-state index contributed by atoms with van der Waals surface area (Å²) in [5.41, 5.74) is 6.14. The highest BCUT2D eigenvalue weighted by molar-refractivity contribution is 5.91. The second-order valence-corrected chi connectivity index (χ2v) is 6.72. The average molecular weight is 391 g/mol. The minimum absolute atomic E-state index is 0.000533. The average Bonchev–Trinajstić information content (AvgIpc) is 2.69. The van der Waals surface area contributed by atoms with Gasteiger partial charge in [0.2, 0.25) is 11.8 Å². The molecule has 152 valence electrons. The summed E-state index contributed by atoms with van der Waals surface area (Å²) in [4.78, 5) is 47.7. The van der Waals surface area contributed by atoms with Crippen LogP contribution in [0.25, 0.3) is 0 Å². The molecule has 1 aromatic rings. The van der Waals surface area contributed by atoms with Crippen molar-refractivity contribution in [2.24, 2.45) is 11.7 Å². The Morgan fingerprint density at radius 3 is 2.54 bits per heavy atom. The van der Waals surface area contributed by atoms with E-state index in [9.17, 15) is 24.3 Å². The summed E-state index contributed by atoms with van der Waals surface area (Å²) in [6.07, 6.45) is 0.919. The van der Waals surface area contributed by atoms with Crippen LogP contribution >= 0.6 is 0 Å². The van der Waals surface area contributed by atoms with Gasteiger partial charge in [-0.2, -0.15) is 0 Å². The number of aliphatic hydroxyl groups excluding tert-OH is 1. The first-order valence-corrected chi connectivity index (χ1v) is 9.10. The molecule has 28 heavy (non-hydrogen) atoms. The van der Waals surface area contributed by atoms with E-state index in [0.717, 1.165) is 5.56 Å². The Kier molecular flexibility index (Phi) is 7.94. The largest absolute Gasteiger partial charge is 0.445 e. The lowest BCUT2D eigenvalue weighted by Gasteiger charge is -2.29. The maximum absolute atomic E-state index is 12.4. The van der Waals surface area contributed by atoms with Crippen molar-refractivity contribution in [2.45, 2.75) is 44.4 Å². The number of ether oxygens (including phenoxy) is 1. The Labute approximate surface area is 162 Å². The van der Waals surface area contributed by atoms with Crippen LogP contribution in [0.1, 0.15) is 31.2 Å². The number of benzene rings is 1. The number of Topliss-reactive ketones (excluding diaryl/α,β-unsaturated/α-hetero) is 1. The summed E-state index contributed by atoms with van der Waals surface area (Å²) in [5.74, 6) is -1.93. The molecule has 0 heterocycles. The van der Waals surface area contributed by atoms with Crippen molar-refractivity contribution < 1.29 is 29.0 Å². The minimum atomic E-state index is -1.32. The first kappa shape index (κ1) is 21.4. The number of aliphatic hydroxyl groups is 1. The fourth-order valence-electron chi connectivity index (χ4n) is 3.12. The molecule has 0 saturated heterocycles. The van der Waals surface area contributed by atoms with Crippen molar-refractivity contribution in [3.8, 4) is 0 Å². The van der Waals surface area contributed by atoms with Crippen molar-refractivity contribution in [1.82, 2.24) is 10.6 Å². The van der Waals surface area contributed by atoms with E-state index in [2.05, 4.69) is 10.6 Å². The number of hydrogen-bond donors (Lipinski definition) is 4. The molecule has 0 aliphatic heterocycles. The second kappa shape index (κ2) is 10.4. The third-order valence-corrected chi connectivity index (χ3v) is 4.60. The summed E-state index contributed by atoms with van der Waals surface area (Å²) in [6, 6.07) is 6.59. The first-order valence-electron chi connectivity index (χ1n) is 9.10.